The van der Waals surface area contributed by atoms with Crippen molar-refractivity contribution < 1.29 is 16.8 Å². The molecule has 0 aromatic heterocycles. The Morgan fingerprint density at radius 3 is 2.35 bits per heavy atom. The van der Waals surface area contributed by atoms with Gasteiger partial charge >= 0.3 is 0 Å². The van der Waals surface area contributed by atoms with Gasteiger partial charge in [-0.15, -0.1) is 0 Å². The molecule has 96 valence electrons. The molecule has 0 unspecified atom stereocenters. The largest absolute Gasteiger partial charge is 0.398 e. The van der Waals surface area contributed by atoms with E-state index in [1.165, 1.54) is 18.2 Å². The van der Waals surface area contributed by atoms with E-state index in [2.05, 4.69) is 20.7 Å². The average Bonchev–Trinajstić information content (AvgIpc) is 2.06. The van der Waals surface area contributed by atoms with Gasteiger partial charge < -0.3 is 5.73 Å². The molecule has 0 spiro atoms. The molecule has 9 heteroatoms. The average molecular weight is 343 g/mol. The van der Waals surface area contributed by atoms with Crippen LogP contribution in [0.15, 0.2) is 22.7 Å². The molecule has 0 fully saturated rings. The number of nitrogens with two attached hydrogens (primary N) is 1. The van der Waals surface area contributed by atoms with Crippen molar-refractivity contribution >= 4 is 47.2 Å². The van der Waals surface area contributed by atoms with Crippen molar-refractivity contribution in [3.8, 4) is 0 Å². The quantitative estimate of drug-likeness (QED) is 0.786. The SMILES string of the molecule is CS(=O)(=O)CS(=O)(=O)Nc1ccc(N)c(Br)c1. The van der Waals surface area contributed by atoms with Crippen LogP contribution in [-0.4, -0.2) is 28.2 Å². The molecule has 1 aromatic carbocycles. The minimum Gasteiger partial charge on any atom is -0.398 e. The maximum Gasteiger partial charge on any atom is 0.247 e. The highest BCUT2D eigenvalue weighted by Gasteiger charge is 2.18. The summed E-state index contributed by atoms with van der Waals surface area (Å²) in [5.41, 5.74) is 6.23. The molecule has 0 saturated carbocycles. The summed E-state index contributed by atoms with van der Waals surface area (Å²) in [5, 5.41) is -0.956. The van der Waals surface area contributed by atoms with Crippen LogP contribution in [0.25, 0.3) is 0 Å². The molecular weight excluding hydrogens is 332 g/mol. The van der Waals surface area contributed by atoms with Crippen LogP contribution >= 0.6 is 15.9 Å². The van der Waals surface area contributed by atoms with Gasteiger partial charge in [0.2, 0.25) is 10.0 Å². The molecule has 0 atom stereocenters. The Labute approximate surface area is 108 Å². The van der Waals surface area contributed by atoms with Crippen LogP contribution in [0.3, 0.4) is 0 Å². The van der Waals surface area contributed by atoms with E-state index in [-0.39, 0.29) is 5.69 Å². The Morgan fingerprint density at radius 2 is 1.88 bits per heavy atom. The molecule has 0 heterocycles. The third-order valence-electron chi connectivity index (χ3n) is 1.64. The van der Waals surface area contributed by atoms with Crippen molar-refractivity contribution in [3.05, 3.63) is 22.7 Å². The van der Waals surface area contributed by atoms with Crippen molar-refractivity contribution in [2.24, 2.45) is 0 Å². The van der Waals surface area contributed by atoms with E-state index in [0.717, 1.165) is 6.26 Å². The Kier molecular flexibility index (Phi) is 4.05. The third kappa shape index (κ3) is 4.92. The third-order valence-corrected chi connectivity index (χ3v) is 5.83. The fourth-order valence-corrected chi connectivity index (χ4v) is 4.44. The van der Waals surface area contributed by atoms with Gasteiger partial charge in [0.05, 0.1) is 0 Å². The highest BCUT2D eigenvalue weighted by Crippen LogP contribution is 2.23. The number of nitrogens with one attached hydrogen (secondary N) is 1. The Morgan fingerprint density at radius 1 is 1.29 bits per heavy atom. The normalized spacial score (nSPS) is 12.4. The number of hydrogen-bond donors (Lipinski definition) is 2. The van der Waals surface area contributed by atoms with Crippen LogP contribution in [0, 0.1) is 0 Å². The lowest BCUT2D eigenvalue weighted by Gasteiger charge is -2.08. The molecule has 0 saturated heterocycles. The zero-order valence-corrected chi connectivity index (χ0v) is 12.1. The summed E-state index contributed by atoms with van der Waals surface area (Å²) < 4.78 is 47.4. The van der Waals surface area contributed by atoms with Crippen LogP contribution < -0.4 is 10.5 Å². The van der Waals surface area contributed by atoms with Crippen molar-refractivity contribution in [2.75, 3.05) is 21.8 Å². The zero-order chi connectivity index (χ0) is 13.3. The molecular formula is C8H11BrN2O4S2. The van der Waals surface area contributed by atoms with Gasteiger partial charge in [-0.25, -0.2) is 16.8 Å². The number of anilines is 2. The number of rotatable bonds is 4. The summed E-state index contributed by atoms with van der Waals surface area (Å²) in [5.74, 6) is 0. The standard InChI is InChI=1S/C8H11BrN2O4S2/c1-16(12,13)5-17(14,15)11-6-2-3-8(10)7(9)4-6/h2-4,11H,5,10H2,1H3. The monoisotopic (exact) mass is 342 g/mol. The summed E-state index contributed by atoms with van der Waals surface area (Å²) in [6, 6.07) is 4.40. The maximum atomic E-state index is 11.5. The van der Waals surface area contributed by atoms with Crippen molar-refractivity contribution in [3.63, 3.8) is 0 Å². The molecule has 17 heavy (non-hydrogen) atoms. The molecule has 0 radical (unpaired) electrons. The Bertz CT molecular complexity index is 625. The first kappa shape index (κ1) is 14.3. The minimum absolute atomic E-state index is 0.245. The minimum atomic E-state index is -3.92. The lowest BCUT2D eigenvalue weighted by Crippen LogP contribution is -2.22. The van der Waals surface area contributed by atoms with E-state index in [9.17, 15) is 16.8 Å². The van der Waals surface area contributed by atoms with Crippen LogP contribution in [0.2, 0.25) is 0 Å². The molecule has 0 aliphatic heterocycles. The fourth-order valence-electron chi connectivity index (χ4n) is 1.08. The van der Waals surface area contributed by atoms with Crippen molar-refractivity contribution in [1.82, 2.24) is 0 Å². The molecule has 0 aliphatic rings. The van der Waals surface area contributed by atoms with E-state index in [1.54, 1.807) is 0 Å². The molecule has 0 aliphatic carbocycles. The van der Waals surface area contributed by atoms with Crippen molar-refractivity contribution in [2.45, 2.75) is 0 Å². The van der Waals surface area contributed by atoms with E-state index < -0.39 is 24.9 Å². The van der Waals surface area contributed by atoms with Gasteiger partial charge in [-0.3, -0.25) is 4.72 Å². The van der Waals surface area contributed by atoms with E-state index in [1.807, 2.05) is 0 Å². The summed E-state index contributed by atoms with van der Waals surface area (Å²) in [6.07, 6.45) is 0.852. The lowest BCUT2D eigenvalue weighted by atomic mass is 10.3. The number of sulfonamides is 1. The van der Waals surface area contributed by atoms with Gasteiger partial charge in [0.25, 0.3) is 0 Å². The van der Waals surface area contributed by atoms with Crippen molar-refractivity contribution in [1.29, 1.82) is 0 Å². The first-order valence-corrected chi connectivity index (χ1v) is 8.83. The fraction of sp³-hybridized carbons (Fsp3) is 0.250. The topological polar surface area (TPSA) is 106 Å². The van der Waals surface area contributed by atoms with Crippen LogP contribution in [-0.2, 0) is 19.9 Å². The van der Waals surface area contributed by atoms with Crippen LogP contribution in [0.5, 0.6) is 0 Å². The molecule has 1 aromatic rings. The maximum absolute atomic E-state index is 11.5. The Hall–Kier alpha value is -0.800. The predicted octanol–water partition coefficient (Wildman–Crippen LogP) is 0.775. The molecule has 0 bridgehead atoms. The Balaban J connectivity index is 2.95. The second-order valence-corrected chi connectivity index (χ2v) is 8.58. The lowest BCUT2D eigenvalue weighted by molar-refractivity contribution is 0.595. The van der Waals surface area contributed by atoms with Gasteiger partial charge in [0.15, 0.2) is 14.9 Å². The van der Waals surface area contributed by atoms with Crippen LogP contribution in [0.4, 0.5) is 11.4 Å². The predicted molar refractivity (Wildman–Crippen MR) is 70.8 cm³/mol. The second-order valence-electron chi connectivity index (χ2n) is 3.50. The molecule has 1 rings (SSSR count). The second kappa shape index (κ2) is 4.83. The summed E-state index contributed by atoms with van der Waals surface area (Å²) in [6.45, 7) is 0. The van der Waals surface area contributed by atoms with E-state index in [4.69, 9.17) is 5.73 Å². The summed E-state index contributed by atoms with van der Waals surface area (Å²) in [4.78, 5) is 0. The number of halogens is 1. The van der Waals surface area contributed by atoms with E-state index in [0.29, 0.717) is 10.2 Å². The molecule has 0 amide bonds. The van der Waals surface area contributed by atoms with Gasteiger partial charge in [0, 0.05) is 22.1 Å². The smallest absolute Gasteiger partial charge is 0.247 e. The summed E-state index contributed by atoms with van der Waals surface area (Å²) in [7, 11) is -7.53. The van der Waals surface area contributed by atoms with Gasteiger partial charge in [-0.1, -0.05) is 0 Å². The number of hydrogen-bond acceptors (Lipinski definition) is 5. The number of sulfone groups is 1. The van der Waals surface area contributed by atoms with Gasteiger partial charge in [-0.2, -0.15) is 0 Å². The first-order valence-electron chi connectivity index (χ1n) is 4.32. The summed E-state index contributed by atoms with van der Waals surface area (Å²) >= 11 is 3.14. The van der Waals surface area contributed by atoms with Gasteiger partial charge in [-0.05, 0) is 34.1 Å². The number of nitrogen functional groups attached to an aromatic ring is 1. The highest BCUT2D eigenvalue weighted by molar-refractivity contribution is 9.10. The van der Waals surface area contributed by atoms with Crippen LogP contribution in [0.1, 0.15) is 0 Å². The van der Waals surface area contributed by atoms with Gasteiger partial charge in [0.1, 0.15) is 0 Å². The highest BCUT2D eigenvalue weighted by atomic mass is 79.9. The molecule has 6 nitrogen and oxygen atoms in total. The first-order chi connectivity index (χ1) is 7.59. The zero-order valence-electron chi connectivity index (χ0n) is 8.84. The molecule has 3 N–H and O–H groups in total. The number of benzene rings is 1. The van der Waals surface area contributed by atoms with E-state index >= 15 is 0 Å².